The first kappa shape index (κ1) is 18.4. The second-order valence-electron chi connectivity index (χ2n) is 5.74. The molecule has 0 radical (unpaired) electrons. The summed E-state index contributed by atoms with van der Waals surface area (Å²) in [7, 11) is 0. The zero-order valence-electron chi connectivity index (χ0n) is 13.9. The van der Waals surface area contributed by atoms with Crippen molar-refractivity contribution < 1.29 is 14.4 Å². The van der Waals surface area contributed by atoms with E-state index in [-0.39, 0.29) is 6.54 Å². The number of nitrogens with zero attached hydrogens (tertiary/aromatic N) is 1. The van der Waals surface area contributed by atoms with Crippen LogP contribution in [0.2, 0.25) is 0 Å². The summed E-state index contributed by atoms with van der Waals surface area (Å²) in [5.74, 6) is -0.874. The number of halogens is 1. The molecule has 0 unspecified atom stereocenters. The van der Waals surface area contributed by atoms with Crippen molar-refractivity contribution in [3.05, 3.63) is 69.0 Å². The third kappa shape index (κ3) is 4.42. The highest BCUT2D eigenvalue weighted by atomic mass is 79.9. The van der Waals surface area contributed by atoms with E-state index in [1.807, 2.05) is 49.4 Å². The molecule has 3 amide bonds. The van der Waals surface area contributed by atoms with Crippen molar-refractivity contribution in [2.75, 3.05) is 11.9 Å². The number of benzene rings is 2. The molecule has 132 valence electrons. The van der Waals surface area contributed by atoms with Crippen LogP contribution in [0.15, 0.2) is 57.9 Å². The molecule has 1 saturated heterocycles. The predicted octanol–water partition coefficient (Wildman–Crippen LogP) is 4.43. The van der Waals surface area contributed by atoms with Crippen LogP contribution in [-0.2, 0) is 9.59 Å². The monoisotopic (exact) mass is 430 g/mol. The maximum Gasteiger partial charge on any atom is 0.294 e. The molecule has 0 aromatic heterocycles. The van der Waals surface area contributed by atoms with Gasteiger partial charge in [-0.05, 0) is 60.2 Å². The molecule has 0 saturated carbocycles. The Morgan fingerprint density at radius 3 is 2.69 bits per heavy atom. The first-order valence-electron chi connectivity index (χ1n) is 7.80. The second kappa shape index (κ2) is 7.88. The summed E-state index contributed by atoms with van der Waals surface area (Å²) in [5, 5.41) is 2.25. The average Bonchev–Trinajstić information content (AvgIpc) is 2.82. The van der Waals surface area contributed by atoms with Crippen LogP contribution in [0.25, 0.3) is 6.08 Å². The van der Waals surface area contributed by atoms with Gasteiger partial charge in [-0.15, -0.1) is 0 Å². The third-order valence-electron chi connectivity index (χ3n) is 3.62. The van der Waals surface area contributed by atoms with E-state index in [1.165, 1.54) is 0 Å². The van der Waals surface area contributed by atoms with E-state index in [2.05, 4.69) is 21.2 Å². The molecular formula is C19H15BrN2O3S. The second-order valence-corrected chi connectivity index (χ2v) is 7.65. The molecule has 2 aromatic rings. The number of aryl methyl sites for hydroxylation is 1. The van der Waals surface area contributed by atoms with Gasteiger partial charge in [0.25, 0.3) is 11.1 Å². The first-order valence-corrected chi connectivity index (χ1v) is 9.41. The van der Waals surface area contributed by atoms with E-state index in [0.717, 1.165) is 32.3 Å². The lowest BCUT2D eigenvalue weighted by Crippen LogP contribution is -2.36. The minimum atomic E-state index is -0.459. The van der Waals surface area contributed by atoms with Crippen LogP contribution in [0.1, 0.15) is 11.1 Å². The molecular weight excluding hydrogens is 416 g/mol. The van der Waals surface area contributed by atoms with Crippen molar-refractivity contribution >= 4 is 56.5 Å². The van der Waals surface area contributed by atoms with Crippen LogP contribution in [0.4, 0.5) is 10.5 Å². The molecule has 2 aromatic carbocycles. The minimum Gasteiger partial charge on any atom is -0.325 e. The standard InChI is InChI=1S/C19H15BrN2O3S/c1-12-4-2-7-15(8-12)21-17(23)11-22-18(24)16(26-19(22)25)10-13-5-3-6-14(20)9-13/h2-10H,11H2,1H3,(H,21,23). The predicted molar refractivity (Wildman–Crippen MR) is 107 cm³/mol. The number of carbonyl (C=O) groups is 3. The van der Waals surface area contributed by atoms with Gasteiger partial charge in [0, 0.05) is 10.2 Å². The lowest BCUT2D eigenvalue weighted by molar-refractivity contribution is -0.127. The van der Waals surface area contributed by atoms with Gasteiger partial charge in [-0.2, -0.15) is 0 Å². The Bertz CT molecular complexity index is 927. The fourth-order valence-electron chi connectivity index (χ4n) is 2.45. The molecule has 26 heavy (non-hydrogen) atoms. The third-order valence-corrected chi connectivity index (χ3v) is 5.02. The van der Waals surface area contributed by atoms with Gasteiger partial charge in [-0.25, -0.2) is 0 Å². The topological polar surface area (TPSA) is 66.5 Å². The summed E-state index contributed by atoms with van der Waals surface area (Å²) in [6.45, 7) is 1.60. The van der Waals surface area contributed by atoms with E-state index in [4.69, 9.17) is 0 Å². The molecule has 1 N–H and O–H groups in total. The van der Waals surface area contributed by atoms with Crippen LogP contribution < -0.4 is 5.32 Å². The molecule has 1 fully saturated rings. The number of nitrogens with one attached hydrogen (secondary N) is 1. The molecule has 0 aliphatic carbocycles. The normalized spacial score (nSPS) is 15.6. The maximum atomic E-state index is 12.5. The highest BCUT2D eigenvalue weighted by Gasteiger charge is 2.36. The highest BCUT2D eigenvalue weighted by molar-refractivity contribution is 9.10. The fourth-order valence-corrected chi connectivity index (χ4v) is 3.71. The number of rotatable bonds is 4. The summed E-state index contributed by atoms with van der Waals surface area (Å²) in [4.78, 5) is 38.1. The number of carbonyl (C=O) groups excluding carboxylic acids is 3. The zero-order chi connectivity index (χ0) is 18.7. The van der Waals surface area contributed by atoms with Crippen molar-refractivity contribution in [1.29, 1.82) is 0 Å². The summed E-state index contributed by atoms with van der Waals surface area (Å²) < 4.78 is 0.878. The lowest BCUT2D eigenvalue weighted by Gasteiger charge is -2.12. The van der Waals surface area contributed by atoms with Crippen molar-refractivity contribution in [2.24, 2.45) is 0 Å². The molecule has 3 rings (SSSR count). The Morgan fingerprint density at radius 2 is 1.96 bits per heavy atom. The van der Waals surface area contributed by atoms with E-state index < -0.39 is 17.1 Å². The van der Waals surface area contributed by atoms with Crippen molar-refractivity contribution in [3.63, 3.8) is 0 Å². The summed E-state index contributed by atoms with van der Waals surface area (Å²) in [5.41, 5.74) is 2.44. The summed E-state index contributed by atoms with van der Waals surface area (Å²) in [6, 6.07) is 14.7. The van der Waals surface area contributed by atoms with Gasteiger partial charge < -0.3 is 5.32 Å². The van der Waals surface area contributed by atoms with Crippen LogP contribution >= 0.6 is 27.7 Å². The van der Waals surface area contributed by atoms with Crippen molar-refractivity contribution in [3.8, 4) is 0 Å². The number of thioether (sulfide) groups is 1. The molecule has 7 heteroatoms. The van der Waals surface area contributed by atoms with Gasteiger partial charge in [0.15, 0.2) is 0 Å². The van der Waals surface area contributed by atoms with E-state index in [1.54, 1.807) is 12.1 Å². The van der Waals surface area contributed by atoms with Crippen LogP contribution in [0.5, 0.6) is 0 Å². The SMILES string of the molecule is Cc1cccc(NC(=O)CN2C(=O)SC(=Cc3cccc(Br)c3)C2=O)c1. The Labute approximate surface area is 163 Å². The number of amides is 3. The molecule has 0 atom stereocenters. The van der Waals surface area contributed by atoms with Crippen molar-refractivity contribution in [1.82, 2.24) is 4.90 Å². The molecule has 5 nitrogen and oxygen atoms in total. The Balaban J connectivity index is 1.70. The largest absolute Gasteiger partial charge is 0.325 e. The maximum absolute atomic E-state index is 12.5. The van der Waals surface area contributed by atoms with Crippen LogP contribution in [0, 0.1) is 6.92 Å². The van der Waals surface area contributed by atoms with Gasteiger partial charge >= 0.3 is 0 Å². The minimum absolute atomic E-state index is 0.302. The molecule has 1 aliphatic rings. The first-order chi connectivity index (χ1) is 12.4. The molecule has 0 bridgehead atoms. The van der Waals surface area contributed by atoms with Crippen LogP contribution in [0.3, 0.4) is 0 Å². The Morgan fingerprint density at radius 1 is 1.19 bits per heavy atom. The molecule has 1 heterocycles. The average molecular weight is 431 g/mol. The van der Waals surface area contributed by atoms with Gasteiger partial charge in [-0.1, -0.05) is 40.2 Å². The number of anilines is 1. The summed E-state index contributed by atoms with van der Waals surface area (Å²) >= 11 is 4.20. The number of imide groups is 1. The van der Waals surface area contributed by atoms with E-state index in [9.17, 15) is 14.4 Å². The highest BCUT2D eigenvalue weighted by Crippen LogP contribution is 2.32. The van der Waals surface area contributed by atoms with E-state index in [0.29, 0.717) is 10.6 Å². The quantitative estimate of drug-likeness (QED) is 0.728. The fraction of sp³-hybridized carbons (Fsp3) is 0.105. The smallest absolute Gasteiger partial charge is 0.294 e. The van der Waals surface area contributed by atoms with Crippen LogP contribution in [-0.4, -0.2) is 28.5 Å². The summed E-state index contributed by atoms with van der Waals surface area (Å²) in [6.07, 6.45) is 1.65. The number of hydrogen-bond donors (Lipinski definition) is 1. The lowest BCUT2D eigenvalue weighted by atomic mass is 10.2. The van der Waals surface area contributed by atoms with Gasteiger partial charge in [0.2, 0.25) is 5.91 Å². The van der Waals surface area contributed by atoms with Gasteiger partial charge in [0.05, 0.1) is 4.91 Å². The Kier molecular flexibility index (Phi) is 5.58. The van der Waals surface area contributed by atoms with Crippen molar-refractivity contribution in [2.45, 2.75) is 6.92 Å². The van der Waals surface area contributed by atoms with E-state index >= 15 is 0 Å². The number of hydrogen-bond acceptors (Lipinski definition) is 4. The molecule has 1 aliphatic heterocycles. The molecule has 0 spiro atoms. The van der Waals surface area contributed by atoms with Gasteiger partial charge in [0.1, 0.15) is 6.54 Å². The zero-order valence-corrected chi connectivity index (χ0v) is 16.3. The van der Waals surface area contributed by atoms with Gasteiger partial charge in [-0.3, -0.25) is 19.3 Å². The Hall–Kier alpha value is -2.38.